The first kappa shape index (κ1) is 73.6. The third kappa shape index (κ3) is 16.7. The lowest BCUT2D eigenvalue weighted by Gasteiger charge is -2.43. The predicted octanol–water partition coefficient (Wildman–Crippen LogP) is 21.3. The topological polar surface area (TPSA) is 63.2 Å². The Kier molecular flexibility index (Phi) is 23.5. The Balaban J connectivity index is 0.000000317. The maximum absolute atomic E-state index is 11.9. The summed E-state index contributed by atoms with van der Waals surface area (Å²) in [6.07, 6.45) is 8.75. The van der Waals surface area contributed by atoms with Crippen molar-refractivity contribution in [2.45, 2.75) is 288 Å². The second-order valence-electron chi connectivity index (χ2n) is 32.2. The van der Waals surface area contributed by atoms with E-state index in [1.165, 1.54) is 68.3 Å². The average Bonchev–Trinajstić information content (AvgIpc) is 1.82. The van der Waals surface area contributed by atoms with Crippen molar-refractivity contribution in [2.24, 2.45) is 10.8 Å². The number of carbonyl (C=O) groups is 1. The lowest BCUT2D eigenvalue weighted by molar-refractivity contribution is 0.00578. The lowest BCUT2D eigenvalue weighted by Crippen LogP contribution is -2.47. The number of benzene rings is 5. The summed E-state index contributed by atoms with van der Waals surface area (Å²) in [6, 6.07) is 36.0. The van der Waals surface area contributed by atoms with Gasteiger partial charge in [-0.25, -0.2) is 4.79 Å². The van der Waals surface area contributed by atoms with Gasteiger partial charge in [-0.1, -0.05) is 201 Å². The van der Waals surface area contributed by atoms with Gasteiger partial charge in [-0.05, 0) is 233 Å². The number of methoxy groups -OCH3 is 1. The molecular formula is C78H121BO6Si2. The smallest absolute Gasteiger partial charge is 0.465 e. The van der Waals surface area contributed by atoms with Crippen LogP contribution in [0.25, 0.3) is 11.1 Å². The summed E-state index contributed by atoms with van der Waals surface area (Å²) in [6.45, 7) is 64.2. The molecule has 0 N–H and O–H groups in total. The molecule has 0 aliphatic carbocycles. The Hall–Kier alpha value is -4.09. The van der Waals surface area contributed by atoms with Crippen LogP contribution in [0.4, 0.5) is 0 Å². The van der Waals surface area contributed by atoms with Crippen LogP contribution >= 0.6 is 0 Å². The van der Waals surface area contributed by atoms with Crippen molar-refractivity contribution in [1.82, 2.24) is 0 Å². The number of hydrogen-bond donors (Lipinski definition) is 0. The fourth-order valence-corrected chi connectivity index (χ4v) is 15.5. The van der Waals surface area contributed by atoms with Crippen LogP contribution in [0.2, 0.25) is 36.3 Å². The standard InChI is InChI=1S/C40H58O3Si.C38H63BO3Si/c1-14-40(15-2,34-23-24-35(29(4)27-34)31-16-18-32(19-17-31)37(41)42-11)33-22-20-30(28(3)26-33)21-25-36(38(5,6)7)43-44(12,13)39(8,9)10;1-17-38(18-2,31-22-23-32(28(4)26-31)39-41-36(11,12)37(13,14)42-39)30-21-19-29(27(3)25-30)20-24-33(34(5,6)7)40-43(15,16)35(8,9)10/h16-20,22-24,26-27,36H,14-15,21,25H2,1-13H3;19,21-23,25-26,33H,17-18,20,24H2,1-16H3. The molecule has 0 saturated carbocycles. The summed E-state index contributed by atoms with van der Waals surface area (Å²) >= 11 is 0. The molecule has 0 spiro atoms. The molecule has 0 amide bonds. The van der Waals surface area contributed by atoms with Gasteiger partial charge in [0.25, 0.3) is 0 Å². The maximum Gasteiger partial charge on any atom is 0.495 e. The van der Waals surface area contributed by atoms with E-state index in [0.717, 1.165) is 62.4 Å². The van der Waals surface area contributed by atoms with E-state index in [1.807, 2.05) is 24.3 Å². The molecule has 5 aromatic carbocycles. The highest BCUT2D eigenvalue weighted by molar-refractivity contribution is 6.74. The predicted molar refractivity (Wildman–Crippen MR) is 380 cm³/mol. The van der Waals surface area contributed by atoms with E-state index in [0.29, 0.717) is 5.56 Å². The molecule has 5 aromatic rings. The molecule has 1 aliphatic heterocycles. The van der Waals surface area contributed by atoms with Crippen LogP contribution in [0.15, 0.2) is 97.1 Å². The van der Waals surface area contributed by atoms with Gasteiger partial charge in [0, 0.05) is 10.8 Å². The van der Waals surface area contributed by atoms with Crippen molar-refractivity contribution in [3.63, 3.8) is 0 Å². The summed E-state index contributed by atoms with van der Waals surface area (Å²) in [5, 5.41) is 0.405. The van der Waals surface area contributed by atoms with Crippen LogP contribution in [0, 0.1) is 38.5 Å². The van der Waals surface area contributed by atoms with Crippen LogP contribution in [0.1, 0.15) is 243 Å². The van der Waals surface area contributed by atoms with Gasteiger partial charge in [0.15, 0.2) is 16.6 Å². The molecule has 480 valence electrons. The van der Waals surface area contributed by atoms with Crippen LogP contribution < -0.4 is 5.46 Å². The van der Waals surface area contributed by atoms with Gasteiger partial charge in [-0.2, -0.15) is 0 Å². The fraction of sp³-hybridized carbons (Fsp3) is 0.603. The zero-order valence-corrected chi connectivity index (χ0v) is 62.6. The van der Waals surface area contributed by atoms with Crippen molar-refractivity contribution >= 4 is 35.2 Å². The average molecular weight is 1220 g/mol. The first-order valence-electron chi connectivity index (χ1n) is 33.2. The zero-order chi connectivity index (χ0) is 65.9. The minimum atomic E-state index is -1.87. The van der Waals surface area contributed by atoms with Crippen LogP contribution in [0.3, 0.4) is 0 Å². The Morgan fingerprint density at radius 1 is 0.494 bits per heavy atom. The first-order chi connectivity index (χ1) is 39.9. The lowest BCUT2D eigenvalue weighted by atomic mass is 9.67. The van der Waals surface area contributed by atoms with Crippen molar-refractivity contribution in [1.29, 1.82) is 0 Å². The van der Waals surface area contributed by atoms with Crippen LogP contribution in [-0.4, -0.2) is 60.2 Å². The third-order valence-corrected chi connectivity index (χ3v) is 30.7. The number of aryl methyl sites for hydroxylation is 6. The van der Waals surface area contributed by atoms with E-state index in [1.54, 1.807) is 0 Å². The van der Waals surface area contributed by atoms with E-state index < -0.39 is 16.6 Å². The molecule has 1 fully saturated rings. The summed E-state index contributed by atoms with van der Waals surface area (Å²) in [5.74, 6) is -0.311. The summed E-state index contributed by atoms with van der Waals surface area (Å²) in [7, 11) is -2.65. The number of rotatable bonds is 21. The van der Waals surface area contributed by atoms with Gasteiger partial charge < -0.3 is 22.9 Å². The molecular weight excluding hydrogens is 1100 g/mol. The highest BCUT2D eigenvalue weighted by atomic mass is 28.4. The molecule has 2 atom stereocenters. The largest absolute Gasteiger partial charge is 0.495 e. The first-order valence-corrected chi connectivity index (χ1v) is 39.0. The van der Waals surface area contributed by atoms with E-state index in [2.05, 4.69) is 265 Å². The van der Waals surface area contributed by atoms with Crippen LogP contribution in [0.5, 0.6) is 0 Å². The molecule has 0 aromatic heterocycles. The second-order valence-corrected chi connectivity index (χ2v) is 41.7. The molecule has 9 heteroatoms. The number of hydrogen-bond acceptors (Lipinski definition) is 6. The highest BCUT2D eigenvalue weighted by Gasteiger charge is 2.52. The van der Waals surface area contributed by atoms with Gasteiger partial charge in [-0.3, -0.25) is 0 Å². The van der Waals surface area contributed by atoms with E-state index in [9.17, 15) is 4.79 Å². The maximum atomic E-state index is 11.9. The SMILES string of the molecule is CCC(CC)(c1ccc(CCC(O[Si](C)(C)C(C)(C)C)C(C)(C)C)c(C)c1)c1ccc(-c2ccc(C(=O)OC)cc2)c(C)c1.CCC(CC)(c1ccc(CCC(O[Si](C)(C)C(C)(C)C)C(C)(C)C)c(C)c1)c1ccc(B2OC(C)(C)C(C)(C)O2)c(C)c1. The molecule has 1 saturated heterocycles. The molecule has 6 rings (SSSR count). The van der Waals surface area contributed by atoms with Gasteiger partial charge in [0.2, 0.25) is 0 Å². The summed E-state index contributed by atoms with van der Waals surface area (Å²) < 4.78 is 31.7. The number of carbonyl (C=O) groups excluding carboxylic acids is 1. The Morgan fingerprint density at radius 2 is 0.839 bits per heavy atom. The highest BCUT2D eigenvalue weighted by Crippen LogP contribution is 2.46. The summed E-state index contributed by atoms with van der Waals surface area (Å²) in [4.78, 5) is 11.9. The molecule has 87 heavy (non-hydrogen) atoms. The second kappa shape index (κ2) is 27.8. The minimum absolute atomic E-state index is 0.0398. The van der Waals surface area contributed by atoms with E-state index in [-0.39, 0.29) is 68.2 Å². The minimum Gasteiger partial charge on any atom is -0.465 e. The van der Waals surface area contributed by atoms with E-state index >= 15 is 0 Å². The van der Waals surface area contributed by atoms with Gasteiger partial charge in [0.1, 0.15) is 0 Å². The molecule has 6 nitrogen and oxygen atoms in total. The normalized spacial score (nSPS) is 15.9. The Labute approximate surface area is 535 Å². The van der Waals surface area contributed by atoms with E-state index in [4.69, 9.17) is 22.9 Å². The fourth-order valence-electron chi connectivity index (χ4n) is 12.4. The molecule has 0 bridgehead atoms. The van der Waals surface area contributed by atoms with Crippen molar-refractivity contribution < 1.29 is 27.7 Å². The van der Waals surface area contributed by atoms with Crippen molar-refractivity contribution in [3.8, 4) is 11.1 Å². The van der Waals surface area contributed by atoms with Gasteiger partial charge >= 0.3 is 13.1 Å². The zero-order valence-electron chi connectivity index (χ0n) is 60.6. The quantitative estimate of drug-likeness (QED) is 0.0539. The molecule has 2 unspecified atom stereocenters. The Morgan fingerprint density at radius 3 is 1.15 bits per heavy atom. The monoisotopic (exact) mass is 1220 g/mol. The summed E-state index contributed by atoms with van der Waals surface area (Å²) in [5.41, 5.74) is 17.0. The number of ether oxygens (including phenoxy) is 1. The molecule has 0 radical (unpaired) electrons. The number of esters is 1. The third-order valence-electron chi connectivity index (χ3n) is 21.7. The van der Waals surface area contributed by atoms with Gasteiger partial charge in [0.05, 0.1) is 36.1 Å². The van der Waals surface area contributed by atoms with Crippen LogP contribution in [-0.2, 0) is 46.6 Å². The van der Waals surface area contributed by atoms with Crippen molar-refractivity contribution in [3.05, 3.63) is 158 Å². The van der Waals surface area contributed by atoms with Crippen molar-refractivity contribution in [2.75, 3.05) is 7.11 Å². The molecule has 1 aliphatic rings. The van der Waals surface area contributed by atoms with Gasteiger partial charge in [-0.15, -0.1) is 0 Å². The Bertz CT molecular complexity index is 3080. The molecule has 1 heterocycles.